The van der Waals surface area contributed by atoms with Gasteiger partial charge in [-0.15, -0.1) is 0 Å². The highest BCUT2D eigenvalue weighted by Gasteiger charge is 2.10. The van der Waals surface area contributed by atoms with Crippen molar-refractivity contribution < 1.29 is 0 Å². The summed E-state index contributed by atoms with van der Waals surface area (Å²) < 4.78 is 2.04. The van der Waals surface area contributed by atoms with Crippen molar-refractivity contribution in [2.45, 2.75) is 33.7 Å². The van der Waals surface area contributed by atoms with E-state index >= 15 is 0 Å². The van der Waals surface area contributed by atoms with Crippen molar-refractivity contribution in [3.8, 4) is 5.69 Å². The fraction of sp³-hybridized carbons (Fsp3) is 0.312. The van der Waals surface area contributed by atoms with Crippen LogP contribution in [0.2, 0.25) is 0 Å². The summed E-state index contributed by atoms with van der Waals surface area (Å²) in [5.41, 5.74) is 10.9. The Morgan fingerprint density at radius 1 is 1.16 bits per heavy atom. The molecule has 0 radical (unpaired) electrons. The number of hydrogen-bond acceptors (Lipinski definition) is 2. The van der Waals surface area contributed by atoms with Crippen LogP contribution in [-0.2, 0) is 0 Å². The molecule has 2 N–H and O–H groups in total. The molecule has 0 aliphatic rings. The van der Waals surface area contributed by atoms with Gasteiger partial charge in [0.15, 0.2) is 5.43 Å². The third-order valence-electron chi connectivity index (χ3n) is 3.38. The molecule has 1 aromatic carbocycles. The van der Waals surface area contributed by atoms with Crippen LogP contribution in [0.25, 0.3) is 5.69 Å². The first-order valence-corrected chi connectivity index (χ1v) is 6.46. The van der Waals surface area contributed by atoms with Crippen LogP contribution >= 0.6 is 0 Å². The molecule has 0 amide bonds. The summed E-state index contributed by atoms with van der Waals surface area (Å²) in [7, 11) is 0. The van der Waals surface area contributed by atoms with Crippen LogP contribution in [-0.4, -0.2) is 4.57 Å². The predicted octanol–water partition coefficient (Wildman–Crippen LogP) is 2.78. The van der Waals surface area contributed by atoms with Crippen molar-refractivity contribution in [1.82, 2.24) is 4.57 Å². The highest BCUT2D eigenvalue weighted by atomic mass is 16.1. The Labute approximate surface area is 113 Å². The Morgan fingerprint density at radius 2 is 1.84 bits per heavy atom. The normalized spacial score (nSPS) is 12.5. The third-order valence-corrected chi connectivity index (χ3v) is 3.38. The molecule has 1 aromatic heterocycles. The smallest absolute Gasteiger partial charge is 0.186 e. The molecule has 3 nitrogen and oxygen atoms in total. The van der Waals surface area contributed by atoms with Crippen LogP contribution in [0.5, 0.6) is 0 Å². The third kappa shape index (κ3) is 2.61. The van der Waals surface area contributed by atoms with Crippen LogP contribution < -0.4 is 11.2 Å². The molecule has 0 spiro atoms. The molecule has 1 heterocycles. The number of rotatable bonds is 2. The van der Waals surface area contributed by atoms with Crippen molar-refractivity contribution in [3.05, 3.63) is 63.1 Å². The quantitative estimate of drug-likeness (QED) is 0.898. The first kappa shape index (κ1) is 13.6. The second kappa shape index (κ2) is 5.02. The lowest BCUT2D eigenvalue weighted by molar-refractivity contribution is 0.785. The molecular formula is C16H20N2O. The van der Waals surface area contributed by atoms with E-state index in [4.69, 9.17) is 5.73 Å². The lowest BCUT2D eigenvalue weighted by atomic mass is 10.1. The van der Waals surface area contributed by atoms with Crippen molar-refractivity contribution >= 4 is 0 Å². The zero-order valence-corrected chi connectivity index (χ0v) is 11.9. The Balaban J connectivity index is 2.68. The van der Waals surface area contributed by atoms with E-state index in [1.54, 1.807) is 6.07 Å². The highest BCUT2D eigenvalue weighted by molar-refractivity contribution is 5.44. The van der Waals surface area contributed by atoms with Gasteiger partial charge < -0.3 is 10.3 Å². The van der Waals surface area contributed by atoms with Crippen LogP contribution in [0.15, 0.2) is 35.3 Å². The van der Waals surface area contributed by atoms with Gasteiger partial charge in [0.05, 0.1) is 0 Å². The summed E-state index contributed by atoms with van der Waals surface area (Å²) in [6, 6.07) is 7.68. The molecule has 0 saturated heterocycles. The molecule has 0 aliphatic carbocycles. The topological polar surface area (TPSA) is 48.0 Å². The van der Waals surface area contributed by atoms with E-state index in [1.807, 2.05) is 24.6 Å². The Morgan fingerprint density at radius 3 is 2.42 bits per heavy atom. The number of nitrogens with zero attached hydrogens (tertiary/aromatic N) is 1. The standard InChI is InChI=1S/C16H20N2O/c1-10-5-6-15(11(2)7-10)18-9-14(13(4)17)16(19)8-12(18)3/h5-9,13H,17H2,1-4H3. The Kier molecular flexibility index (Phi) is 3.58. The number of hydrogen-bond donors (Lipinski definition) is 1. The fourth-order valence-corrected chi connectivity index (χ4v) is 2.32. The molecule has 0 saturated carbocycles. The summed E-state index contributed by atoms with van der Waals surface area (Å²) >= 11 is 0. The molecule has 19 heavy (non-hydrogen) atoms. The monoisotopic (exact) mass is 256 g/mol. The zero-order chi connectivity index (χ0) is 14.2. The van der Waals surface area contributed by atoms with Gasteiger partial charge >= 0.3 is 0 Å². The van der Waals surface area contributed by atoms with E-state index in [9.17, 15) is 4.79 Å². The van der Waals surface area contributed by atoms with Crippen LogP contribution in [0.3, 0.4) is 0 Å². The van der Waals surface area contributed by atoms with Crippen molar-refractivity contribution in [3.63, 3.8) is 0 Å². The second-order valence-corrected chi connectivity index (χ2v) is 5.18. The Hall–Kier alpha value is -1.87. The van der Waals surface area contributed by atoms with Crippen LogP contribution in [0, 0.1) is 20.8 Å². The van der Waals surface area contributed by atoms with Crippen LogP contribution in [0.1, 0.15) is 35.3 Å². The lowest BCUT2D eigenvalue weighted by Gasteiger charge is -2.16. The molecule has 1 unspecified atom stereocenters. The largest absolute Gasteiger partial charge is 0.324 e. The van der Waals surface area contributed by atoms with E-state index in [0.717, 1.165) is 11.4 Å². The van der Waals surface area contributed by atoms with Gasteiger partial charge in [-0.3, -0.25) is 4.79 Å². The van der Waals surface area contributed by atoms with Crippen molar-refractivity contribution in [2.24, 2.45) is 5.73 Å². The molecule has 0 bridgehead atoms. The molecule has 0 aliphatic heterocycles. The minimum Gasteiger partial charge on any atom is -0.324 e. The van der Waals surface area contributed by atoms with Gasteiger partial charge in [-0.1, -0.05) is 17.7 Å². The zero-order valence-electron chi connectivity index (χ0n) is 11.9. The van der Waals surface area contributed by atoms with Gasteiger partial charge in [-0.2, -0.15) is 0 Å². The van der Waals surface area contributed by atoms with Gasteiger partial charge in [0, 0.05) is 35.2 Å². The molecule has 0 fully saturated rings. The van der Waals surface area contributed by atoms with Gasteiger partial charge in [0.2, 0.25) is 0 Å². The molecule has 2 rings (SSSR count). The number of pyridine rings is 1. The first-order valence-electron chi connectivity index (χ1n) is 6.46. The summed E-state index contributed by atoms with van der Waals surface area (Å²) in [5, 5.41) is 0. The Bertz CT molecular complexity index is 669. The lowest BCUT2D eigenvalue weighted by Crippen LogP contribution is -2.20. The summed E-state index contributed by atoms with van der Waals surface area (Å²) in [4.78, 5) is 11.9. The van der Waals surface area contributed by atoms with Crippen molar-refractivity contribution in [1.29, 1.82) is 0 Å². The predicted molar refractivity (Wildman–Crippen MR) is 78.9 cm³/mol. The minimum absolute atomic E-state index is 0.00788. The van der Waals surface area contributed by atoms with E-state index < -0.39 is 0 Å². The number of aryl methyl sites for hydroxylation is 3. The maximum atomic E-state index is 11.9. The van der Waals surface area contributed by atoms with E-state index in [2.05, 4.69) is 32.0 Å². The summed E-state index contributed by atoms with van der Waals surface area (Å²) in [6.45, 7) is 7.91. The maximum absolute atomic E-state index is 11.9. The van der Waals surface area contributed by atoms with Gasteiger partial charge in [-0.05, 0) is 39.3 Å². The highest BCUT2D eigenvalue weighted by Crippen LogP contribution is 2.18. The van der Waals surface area contributed by atoms with Gasteiger partial charge in [0.25, 0.3) is 0 Å². The minimum atomic E-state index is -0.259. The number of aromatic nitrogens is 1. The fourth-order valence-electron chi connectivity index (χ4n) is 2.32. The molecule has 2 aromatic rings. The first-order chi connectivity index (χ1) is 8.90. The summed E-state index contributed by atoms with van der Waals surface area (Å²) in [5.74, 6) is 0. The molecular weight excluding hydrogens is 236 g/mol. The maximum Gasteiger partial charge on any atom is 0.186 e. The molecule has 3 heteroatoms. The van der Waals surface area contributed by atoms with Crippen molar-refractivity contribution in [2.75, 3.05) is 0 Å². The number of nitrogens with two attached hydrogens (primary N) is 1. The van der Waals surface area contributed by atoms with E-state index in [0.29, 0.717) is 5.56 Å². The average Bonchev–Trinajstić information content (AvgIpc) is 2.30. The molecule has 1 atom stereocenters. The number of benzene rings is 1. The van der Waals surface area contributed by atoms with E-state index in [1.165, 1.54) is 11.1 Å². The van der Waals surface area contributed by atoms with E-state index in [-0.39, 0.29) is 11.5 Å². The summed E-state index contributed by atoms with van der Waals surface area (Å²) in [6.07, 6.45) is 1.86. The SMILES string of the molecule is Cc1ccc(-n2cc(C(C)N)c(=O)cc2C)c(C)c1. The molecule has 100 valence electrons. The second-order valence-electron chi connectivity index (χ2n) is 5.18. The van der Waals surface area contributed by atoms with Gasteiger partial charge in [-0.25, -0.2) is 0 Å². The average molecular weight is 256 g/mol. The van der Waals surface area contributed by atoms with Gasteiger partial charge in [0.1, 0.15) is 0 Å². The van der Waals surface area contributed by atoms with Crippen LogP contribution in [0.4, 0.5) is 0 Å².